The van der Waals surface area contributed by atoms with Crippen LogP contribution in [0.5, 0.6) is 0 Å². The van der Waals surface area contributed by atoms with Crippen molar-refractivity contribution in [2.45, 2.75) is 39.9 Å². The monoisotopic (exact) mass is 405 g/mol. The molecule has 0 spiro atoms. The Kier molecular flexibility index (Phi) is 9.66. The summed E-state index contributed by atoms with van der Waals surface area (Å²) < 4.78 is 13.1. The summed E-state index contributed by atoms with van der Waals surface area (Å²) >= 11 is 0. The molecule has 2 rings (SSSR count). The average Bonchev–Trinajstić information content (AvgIpc) is 2.68. The quantitative estimate of drug-likeness (QED) is 0.171. The minimum Gasteiger partial charge on any atom is -0.352 e. The number of benzene rings is 2. The van der Waals surface area contributed by atoms with Crippen molar-refractivity contribution in [2.24, 2.45) is 0 Å². The molecule has 0 aromatic heterocycles. The third-order valence-corrected chi connectivity index (χ3v) is 4.15. The third-order valence-electron chi connectivity index (χ3n) is 4.15. The van der Waals surface area contributed by atoms with Crippen molar-refractivity contribution in [3.63, 3.8) is 0 Å². The van der Waals surface area contributed by atoms with Gasteiger partial charge in [-0.15, -0.1) is 0 Å². The van der Waals surface area contributed by atoms with E-state index in [9.17, 15) is 9.59 Å². The van der Waals surface area contributed by atoms with Crippen LogP contribution in [0, 0.1) is 20.8 Å². The normalized spacial score (nSPS) is 12.3. The van der Waals surface area contributed by atoms with Gasteiger partial charge in [-0.25, -0.2) is 4.79 Å². The first-order valence-electron chi connectivity index (χ1n) is 8.65. The number of carbonyl (C=O) groups is 2. The molecule has 28 heavy (non-hydrogen) atoms. The van der Waals surface area contributed by atoms with Crippen LogP contribution in [-0.2, 0) is 23.9 Å². The largest absolute Gasteiger partial charge is 0.357 e. The molecule has 3 atom stereocenters. The van der Waals surface area contributed by atoms with E-state index in [-0.39, 0.29) is 5.78 Å². The minimum atomic E-state index is -1.11. The number of Topliss-reactive ketones (excluding diaryl/α,β-unsaturated/α-hetero) is 1. The van der Waals surface area contributed by atoms with Crippen molar-refractivity contribution in [3.05, 3.63) is 70.3 Å². The van der Waals surface area contributed by atoms with Gasteiger partial charge in [-0.05, 0) is 44.4 Å². The molecule has 0 amide bonds. The number of ether oxygens (including phenoxy) is 1. The highest BCUT2D eigenvalue weighted by Crippen LogP contribution is 2.27. The molecule has 2 aromatic carbocycles. The van der Waals surface area contributed by atoms with Crippen molar-refractivity contribution in [1.82, 2.24) is 0 Å². The van der Waals surface area contributed by atoms with Gasteiger partial charge < -0.3 is 4.74 Å². The van der Waals surface area contributed by atoms with E-state index >= 15 is 0 Å². The fourth-order valence-electron chi connectivity index (χ4n) is 2.96. The molecule has 0 fully saturated rings. The minimum absolute atomic E-state index is 0.315. The van der Waals surface area contributed by atoms with Crippen molar-refractivity contribution < 1.29 is 28.7 Å². The lowest BCUT2D eigenvalue weighted by Crippen LogP contribution is -2.27. The molecule has 0 N–H and O–H groups in total. The Morgan fingerprint density at radius 2 is 1.50 bits per heavy atom. The highest BCUT2D eigenvalue weighted by Gasteiger charge is 2.33. The van der Waals surface area contributed by atoms with Crippen molar-refractivity contribution >= 4 is 20.9 Å². The molecule has 0 bridgehead atoms. The van der Waals surface area contributed by atoms with Crippen molar-refractivity contribution in [2.75, 3.05) is 7.11 Å². The van der Waals surface area contributed by atoms with Gasteiger partial charge in [0.1, 0.15) is 5.92 Å². The Bertz CT molecular complexity index is 783. The molecule has 6 nitrogen and oxygen atoms in total. The van der Waals surface area contributed by atoms with Crippen LogP contribution in [0.2, 0.25) is 0 Å². The Hall–Kier alpha value is -2.40. The Balaban J connectivity index is 0.00000190. The Labute approximate surface area is 167 Å². The third kappa shape index (κ3) is 6.06. The summed E-state index contributed by atoms with van der Waals surface area (Å²) in [5, 5.41) is 0. The molecule has 0 saturated carbocycles. The van der Waals surface area contributed by atoms with Crippen LogP contribution in [0.15, 0.2) is 42.5 Å². The fraction of sp³-hybridized carbons (Fsp3) is 0.333. The molecule has 3 unspecified atom stereocenters. The maximum absolute atomic E-state index is 13.3. The molecule has 0 aliphatic rings. The predicted molar refractivity (Wildman–Crippen MR) is 108 cm³/mol. The van der Waals surface area contributed by atoms with Gasteiger partial charge >= 0.3 is 15.1 Å². The van der Waals surface area contributed by atoms with E-state index in [0.717, 1.165) is 16.7 Å². The smallest absolute Gasteiger partial charge is 0.352 e. The summed E-state index contributed by atoms with van der Waals surface area (Å²) in [5.41, 5.74) is 3.80. The van der Waals surface area contributed by atoms with E-state index in [2.05, 4.69) is 0 Å². The van der Waals surface area contributed by atoms with E-state index in [1.807, 2.05) is 39.0 Å². The van der Waals surface area contributed by atoms with Gasteiger partial charge in [0.05, 0.1) is 0 Å². The molecule has 0 radical (unpaired) electrons. The summed E-state index contributed by atoms with van der Waals surface area (Å²) in [6.45, 7) is 7.28. The lowest BCUT2D eigenvalue weighted by atomic mass is 9.86. The number of ketones is 1. The van der Waals surface area contributed by atoms with Crippen LogP contribution in [0.4, 0.5) is 0 Å². The highest BCUT2D eigenvalue weighted by atomic mass is 31.0. The molecule has 0 heterocycles. The van der Waals surface area contributed by atoms with E-state index in [4.69, 9.17) is 19.1 Å². The SMILES string of the molecule is COC(C)OOC(=O)C(C(=O)c1c(C)cc(C)cc1C)c1ccccc1.O=[PH2+]. The number of aryl methyl sites for hydroxylation is 3. The van der Waals surface area contributed by atoms with Crippen molar-refractivity contribution in [1.29, 1.82) is 0 Å². The Morgan fingerprint density at radius 1 is 0.964 bits per heavy atom. The molecule has 150 valence electrons. The van der Waals surface area contributed by atoms with Gasteiger partial charge in [0.15, 0.2) is 12.1 Å². The second kappa shape index (κ2) is 11.4. The van der Waals surface area contributed by atoms with Crippen LogP contribution in [0.25, 0.3) is 0 Å². The second-order valence-corrected chi connectivity index (χ2v) is 6.28. The fourth-order valence-corrected chi connectivity index (χ4v) is 2.96. The molecule has 0 aliphatic heterocycles. The van der Waals surface area contributed by atoms with Crippen LogP contribution < -0.4 is 0 Å². The zero-order valence-electron chi connectivity index (χ0n) is 16.7. The molecular formula is C21H26O6P+. The van der Waals surface area contributed by atoms with E-state index in [0.29, 0.717) is 11.1 Å². The maximum atomic E-state index is 13.3. The van der Waals surface area contributed by atoms with Crippen LogP contribution in [0.3, 0.4) is 0 Å². The summed E-state index contributed by atoms with van der Waals surface area (Å²) in [6.07, 6.45) is -0.728. The van der Waals surface area contributed by atoms with Crippen LogP contribution in [-0.4, -0.2) is 25.2 Å². The molecule has 2 aromatic rings. The summed E-state index contributed by atoms with van der Waals surface area (Å²) in [5.74, 6) is -2.20. The summed E-state index contributed by atoms with van der Waals surface area (Å²) in [7, 11) is 2.59. The van der Waals surface area contributed by atoms with Gasteiger partial charge in [-0.2, -0.15) is 4.89 Å². The molecule has 7 heteroatoms. The van der Waals surface area contributed by atoms with Gasteiger partial charge in [0, 0.05) is 12.7 Å². The second-order valence-electron chi connectivity index (χ2n) is 6.28. The molecule has 0 aliphatic carbocycles. The first-order valence-corrected chi connectivity index (χ1v) is 9.12. The summed E-state index contributed by atoms with van der Waals surface area (Å²) in [6, 6.07) is 12.7. The highest BCUT2D eigenvalue weighted by molar-refractivity contribution is 7.00. The Morgan fingerprint density at radius 3 is 2.00 bits per heavy atom. The number of hydrogen-bond acceptors (Lipinski definition) is 6. The topological polar surface area (TPSA) is 78.9 Å². The average molecular weight is 405 g/mol. The lowest BCUT2D eigenvalue weighted by Gasteiger charge is -2.18. The van der Waals surface area contributed by atoms with Crippen LogP contribution >= 0.6 is 9.12 Å². The zero-order valence-corrected chi connectivity index (χ0v) is 17.9. The predicted octanol–water partition coefficient (Wildman–Crippen LogP) is 4.25. The summed E-state index contributed by atoms with van der Waals surface area (Å²) in [4.78, 5) is 35.7. The number of methoxy groups -OCH3 is 1. The first kappa shape index (κ1) is 23.6. The van der Waals surface area contributed by atoms with E-state index < -0.39 is 18.2 Å². The first-order chi connectivity index (χ1) is 13.3. The number of hydrogen-bond donors (Lipinski definition) is 0. The maximum Gasteiger partial charge on any atom is 0.357 e. The molecule has 0 saturated heterocycles. The molecular weight excluding hydrogens is 379 g/mol. The van der Waals surface area contributed by atoms with E-state index in [1.165, 1.54) is 16.2 Å². The van der Waals surface area contributed by atoms with Crippen molar-refractivity contribution in [3.8, 4) is 0 Å². The van der Waals surface area contributed by atoms with Gasteiger partial charge in [-0.1, -0.05) is 52.6 Å². The van der Waals surface area contributed by atoms with Gasteiger partial charge in [0.25, 0.3) is 0 Å². The number of carbonyl (C=O) groups excluding carboxylic acids is 2. The zero-order chi connectivity index (χ0) is 21.3. The number of rotatable bonds is 7. The van der Waals surface area contributed by atoms with E-state index in [1.54, 1.807) is 31.2 Å². The van der Waals surface area contributed by atoms with Gasteiger partial charge in [0.2, 0.25) is 0 Å². The van der Waals surface area contributed by atoms with Gasteiger partial charge in [-0.3, -0.25) is 9.68 Å². The standard InChI is InChI=1S/C21H24O5.H2OP/c1-13-11-14(2)18(15(3)12-13)20(22)19(17-9-7-6-8-10-17)21(23)26-25-16(4)24-5;1-2/h6-12,16,19H,1-5H3;2H2/q;+1. The lowest BCUT2D eigenvalue weighted by molar-refractivity contribution is -0.342. The van der Waals surface area contributed by atoms with Crippen LogP contribution in [0.1, 0.15) is 45.5 Å².